The lowest BCUT2D eigenvalue weighted by molar-refractivity contribution is 0.0108. The lowest BCUT2D eigenvalue weighted by atomic mass is 10.1. The van der Waals surface area contributed by atoms with Gasteiger partial charge in [-0.3, -0.25) is 4.90 Å². The zero-order chi connectivity index (χ0) is 15.9. The quantitative estimate of drug-likeness (QED) is 0.480. The van der Waals surface area contributed by atoms with Crippen molar-refractivity contribution in [1.29, 1.82) is 0 Å². The minimum atomic E-state index is 0.357. The number of likely N-dealkylation sites (tertiary alicyclic amines) is 1. The van der Waals surface area contributed by atoms with Crippen molar-refractivity contribution in [3.63, 3.8) is 0 Å². The molecule has 0 amide bonds. The normalized spacial score (nSPS) is 17.9. The van der Waals surface area contributed by atoms with Crippen LogP contribution in [0.1, 0.15) is 31.7 Å². The van der Waals surface area contributed by atoms with Crippen molar-refractivity contribution in [2.75, 3.05) is 26.2 Å². The molecule has 1 aromatic carbocycles. The summed E-state index contributed by atoms with van der Waals surface area (Å²) in [6.45, 7) is 5.42. The number of halogens is 2. The maximum atomic E-state index is 9.30. The van der Waals surface area contributed by atoms with E-state index in [1.807, 2.05) is 6.07 Å². The summed E-state index contributed by atoms with van der Waals surface area (Å²) in [6, 6.07) is 5.27. The number of hydrogen-bond donors (Lipinski definition) is 1. The molecule has 6 heteroatoms. The molecule has 0 atom stereocenters. The van der Waals surface area contributed by atoms with Gasteiger partial charge >= 0.3 is 0 Å². The van der Waals surface area contributed by atoms with Gasteiger partial charge in [0.15, 0.2) is 0 Å². The van der Waals surface area contributed by atoms with Crippen molar-refractivity contribution in [2.45, 2.75) is 32.3 Å². The Bertz CT molecular complexity index is 515. The van der Waals surface area contributed by atoms with Crippen LogP contribution in [0.4, 0.5) is 0 Å². The lowest BCUT2D eigenvalue weighted by Gasteiger charge is -2.31. The number of hydrogen-bond acceptors (Lipinski definition) is 4. The van der Waals surface area contributed by atoms with Crippen molar-refractivity contribution in [2.24, 2.45) is 5.16 Å². The van der Waals surface area contributed by atoms with E-state index < -0.39 is 0 Å². The van der Waals surface area contributed by atoms with E-state index >= 15 is 0 Å². The van der Waals surface area contributed by atoms with Gasteiger partial charge in [-0.2, -0.15) is 0 Å². The van der Waals surface area contributed by atoms with Gasteiger partial charge in [-0.15, -0.1) is 0 Å². The highest BCUT2D eigenvalue weighted by Gasteiger charge is 2.21. The van der Waals surface area contributed by atoms with Crippen molar-refractivity contribution >= 4 is 28.9 Å². The van der Waals surface area contributed by atoms with E-state index in [0.717, 1.165) is 44.5 Å². The molecular weight excluding hydrogens is 323 g/mol. The van der Waals surface area contributed by atoms with Gasteiger partial charge in [0.05, 0.1) is 16.1 Å². The average molecular weight is 345 g/mol. The third kappa shape index (κ3) is 4.85. The van der Waals surface area contributed by atoms with E-state index in [1.165, 1.54) is 0 Å². The molecule has 1 saturated heterocycles. The molecule has 1 fully saturated rings. The molecular formula is C16H22Cl2N2O2. The molecule has 0 saturated carbocycles. The summed E-state index contributed by atoms with van der Waals surface area (Å²) in [5.41, 5.74) is 1.40. The first-order valence-corrected chi connectivity index (χ1v) is 8.40. The van der Waals surface area contributed by atoms with Crippen molar-refractivity contribution in [1.82, 2.24) is 4.90 Å². The van der Waals surface area contributed by atoms with E-state index in [4.69, 9.17) is 27.9 Å². The molecule has 0 spiro atoms. The maximum absolute atomic E-state index is 9.30. The molecule has 1 aromatic rings. The van der Waals surface area contributed by atoms with Crippen LogP contribution in [0.25, 0.3) is 0 Å². The van der Waals surface area contributed by atoms with Crippen LogP contribution in [0.3, 0.4) is 0 Å². The van der Waals surface area contributed by atoms with Crippen LogP contribution in [0.5, 0.6) is 0 Å². The van der Waals surface area contributed by atoms with E-state index in [1.54, 1.807) is 12.1 Å². The Kier molecular flexibility index (Phi) is 6.96. The second-order valence-electron chi connectivity index (χ2n) is 5.52. The van der Waals surface area contributed by atoms with Gasteiger partial charge in [0.1, 0.15) is 5.71 Å². The second-order valence-corrected chi connectivity index (χ2v) is 6.34. The van der Waals surface area contributed by atoms with Crippen LogP contribution < -0.4 is 0 Å². The molecule has 0 bridgehead atoms. The minimum Gasteiger partial charge on any atom is -0.411 e. The number of piperidine rings is 1. The first-order valence-electron chi connectivity index (χ1n) is 7.64. The number of oxime groups is 1. The summed E-state index contributed by atoms with van der Waals surface area (Å²) in [5, 5.41) is 13.7. The molecule has 1 aliphatic rings. The van der Waals surface area contributed by atoms with Gasteiger partial charge in [-0.05, 0) is 31.4 Å². The van der Waals surface area contributed by atoms with Crippen LogP contribution >= 0.6 is 23.2 Å². The van der Waals surface area contributed by atoms with Gasteiger partial charge in [-0.1, -0.05) is 41.3 Å². The summed E-state index contributed by atoms with van der Waals surface area (Å²) in [7, 11) is 0. The maximum Gasteiger partial charge on any atom is 0.101 e. The standard InChI is InChI=1S/C16H22Cl2N2O2/c1-2-9-22-13-5-7-20(8-6-13)11-16(19-21)12-3-4-14(17)15(18)10-12/h3-4,10,13,21H,2,5-9,11H2,1H3. The fourth-order valence-electron chi connectivity index (χ4n) is 2.59. The Labute approximate surface area is 141 Å². The monoisotopic (exact) mass is 344 g/mol. The lowest BCUT2D eigenvalue weighted by Crippen LogP contribution is -2.40. The van der Waals surface area contributed by atoms with Crippen LogP contribution in [-0.4, -0.2) is 48.2 Å². The van der Waals surface area contributed by atoms with Gasteiger partial charge in [-0.25, -0.2) is 0 Å². The van der Waals surface area contributed by atoms with E-state index in [2.05, 4.69) is 17.0 Å². The van der Waals surface area contributed by atoms with E-state index in [0.29, 0.717) is 28.4 Å². The number of rotatable bonds is 6. The number of nitrogens with zero attached hydrogens (tertiary/aromatic N) is 2. The third-order valence-corrected chi connectivity index (χ3v) is 4.58. The number of benzene rings is 1. The first kappa shape index (κ1) is 17.5. The molecule has 0 aliphatic carbocycles. The van der Waals surface area contributed by atoms with Gasteiger partial charge in [0.25, 0.3) is 0 Å². The first-order chi connectivity index (χ1) is 10.6. The Morgan fingerprint density at radius 1 is 1.32 bits per heavy atom. The highest BCUT2D eigenvalue weighted by molar-refractivity contribution is 6.42. The summed E-state index contributed by atoms with van der Waals surface area (Å²) in [6.07, 6.45) is 3.44. The Morgan fingerprint density at radius 3 is 2.64 bits per heavy atom. The van der Waals surface area contributed by atoms with Gasteiger partial charge in [0.2, 0.25) is 0 Å². The highest BCUT2D eigenvalue weighted by atomic mass is 35.5. The number of ether oxygens (including phenoxy) is 1. The van der Waals surface area contributed by atoms with Gasteiger partial charge < -0.3 is 9.94 Å². The molecule has 122 valence electrons. The van der Waals surface area contributed by atoms with Crippen LogP contribution in [-0.2, 0) is 4.74 Å². The second kappa shape index (κ2) is 8.73. The molecule has 0 aromatic heterocycles. The van der Waals surface area contributed by atoms with Crippen molar-refractivity contribution < 1.29 is 9.94 Å². The average Bonchev–Trinajstić information content (AvgIpc) is 2.54. The molecule has 1 aliphatic heterocycles. The van der Waals surface area contributed by atoms with Crippen LogP contribution in [0, 0.1) is 0 Å². The minimum absolute atomic E-state index is 0.357. The molecule has 0 unspecified atom stereocenters. The van der Waals surface area contributed by atoms with Crippen molar-refractivity contribution in [3.05, 3.63) is 33.8 Å². The fourth-order valence-corrected chi connectivity index (χ4v) is 2.88. The van der Waals surface area contributed by atoms with Gasteiger partial charge in [0, 0.05) is 31.8 Å². The topological polar surface area (TPSA) is 45.1 Å². The van der Waals surface area contributed by atoms with Crippen molar-refractivity contribution in [3.8, 4) is 0 Å². The predicted octanol–water partition coefficient (Wildman–Crippen LogP) is 4.06. The largest absolute Gasteiger partial charge is 0.411 e. The third-order valence-electron chi connectivity index (χ3n) is 3.84. The van der Waals surface area contributed by atoms with E-state index in [9.17, 15) is 5.21 Å². The zero-order valence-corrected chi connectivity index (χ0v) is 14.3. The summed E-state index contributed by atoms with van der Waals surface area (Å²) in [4.78, 5) is 2.27. The summed E-state index contributed by atoms with van der Waals surface area (Å²) >= 11 is 11.9. The zero-order valence-electron chi connectivity index (χ0n) is 12.8. The molecule has 22 heavy (non-hydrogen) atoms. The molecule has 4 nitrogen and oxygen atoms in total. The van der Waals surface area contributed by atoms with Crippen LogP contribution in [0.2, 0.25) is 10.0 Å². The van der Waals surface area contributed by atoms with E-state index in [-0.39, 0.29) is 0 Å². The molecule has 1 N–H and O–H groups in total. The summed E-state index contributed by atoms with van der Waals surface area (Å²) in [5.74, 6) is 0. The Hall–Kier alpha value is -0.810. The molecule has 1 heterocycles. The highest BCUT2D eigenvalue weighted by Crippen LogP contribution is 2.23. The Morgan fingerprint density at radius 2 is 2.05 bits per heavy atom. The van der Waals surface area contributed by atoms with Crippen LogP contribution in [0.15, 0.2) is 23.4 Å². The molecule has 2 rings (SSSR count). The smallest absolute Gasteiger partial charge is 0.101 e. The SMILES string of the molecule is CCCOC1CCN(CC(=NO)c2ccc(Cl)c(Cl)c2)CC1. The Balaban J connectivity index is 1.90. The predicted molar refractivity (Wildman–Crippen MR) is 90.5 cm³/mol. The summed E-state index contributed by atoms with van der Waals surface area (Å²) < 4.78 is 5.79. The molecule has 0 radical (unpaired) electrons. The fraction of sp³-hybridized carbons (Fsp3) is 0.562.